The van der Waals surface area contributed by atoms with Gasteiger partial charge >= 0.3 is 6.03 Å². The number of urea groups is 1. The Bertz CT molecular complexity index is 1190. The van der Waals surface area contributed by atoms with Crippen molar-refractivity contribution in [2.45, 2.75) is 50.6 Å². The first-order valence-corrected chi connectivity index (χ1v) is 12.6. The van der Waals surface area contributed by atoms with Crippen molar-refractivity contribution in [3.8, 4) is 11.3 Å². The quantitative estimate of drug-likeness (QED) is 0.494. The number of fused-ring (bicyclic) bond motifs is 1. The number of nitrogens with one attached hydrogen (secondary N) is 2. The van der Waals surface area contributed by atoms with Gasteiger partial charge in [0, 0.05) is 47.5 Å². The summed E-state index contributed by atoms with van der Waals surface area (Å²) in [7, 11) is 0. The maximum atomic E-state index is 12.2. The van der Waals surface area contributed by atoms with Gasteiger partial charge in [0.15, 0.2) is 0 Å². The Morgan fingerprint density at radius 3 is 2.35 bits per heavy atom. The van der Waals surface area contributed by atoms with Gasteiger partial charge in [0.25, 0.3) is 0 Å². The van der Waals surface area contributed by atoms with E-state index < -0.39 is 0 Å². The molecule has 2 saturated carbocycles. The van der Waals surface area contributed by atoms with E-state index in [9.17, 15) is 4.79 Å². The van der Waals surface area contributed by atoms with Gasteiger partial charge in [0.05, 0.1) is 30.1 Å². The fraction of sp³-hybridized carbons (Fsp3) is 0.444. The van der Waals surface area contributed by atoms with Crippen LogP contribution in [0.15, 0.2) is 42.5 Å². The second-order valence-corrected chi connectivity index (χ2v) is 9.82. The van der Waals surface area contributed by atoms with Crippen molar-refractivity contribution in [1.82, 2.24) is 9.88 Å². The van der Waals surface area contributed by atoms with E-state index in [4.69, 9.17) is 10.5 Å². The molecule has 2 amide bonds. The number of morpholine rings is 1. The number of nitrogens with zero attached hydrogens (tertiary/aromatic N) is 2. The van der Waals surface area contributed by atoms with Crippen LogP contribution in [0.4, 0.5) is 21.9 Å². The van der Waals surface area contributed by atoms with Gasteiger partial charge in [-0.1, -0.05) is 12.1 Å². The van der Waals surface area contributed by atoms with Crippen molar-refractivity contribution in [2.75, 3.05) is 42.3 Å². The van der Waals surface area contributed by atoms with E-state index in [2.05, 4.69) is 50.4 Å². The van der Waals surface area contributed by atoms with Gasteiger partial charge in [-0.25, -0.2) is 4.79 Å². The lowest BCUT2D eigenvalue weighted by Crippen LogP contribution is -2.41. The summed E-state index contributed by atoms with van der Waals surface area (Å²) in [5.74, 6) is 0. The number of nitrogen functional groups attached to an aromatic ring is 1. The van der Waals surface area contributed by atoms with Crippen molar-refractivity contribution in [1.29, 1.82) is 0 Å². The van der Waals surface area contributed by atoms with Crippen LogP contribution in [0.25, 0.3) is 22.2 Å². The average Bonchev–Trinajstić information content (AvgIpc) is 3.08. The van der Waals surface area contributed by atoms with Gasteiger partial charge < -0.3 is 30.6 Å². The third-order valence-corrected chi connectivity index (χ3v) is 7.70. The van der Waals surface area contributed by atoms with Gasteiger partial charge in [-0.3, -0.25) is 0 Å². The molecule has 6 rings (SSSR count). The van der Waals surface area contributed by atoms with Crippen LogP contribution in [0.3, 0.4) is 0 Å². The number of ether oxygens (including phenoxy) is 1. The minimum Gasteiger partial charge on any atom is -0.396 e. The monoisotopic (exact) mass is 459 g/mol. The molecular formula is C27H33N5O2. The lowest BCUT2D eigenvalue weighted by molar-refractivity contribution is 0.122. The molecule has 1 saturated heterocycles. The van der Waals surface area contributed by atoms with Crippen molar-refractivity contribution >= 4 is 34.0 Å². The van der Waals surface area contributed by atoms with Gasteiger partial charge in [0.2, 0.25) is 0 Å². The Hall–Kier alpha value is -3.19. The molecule has 3 aromatic rings. The van der Waals surface area contributed by atoms with E-state index in [0.29, 0.717) is 12.1 Å². The van der Waals surface area contributed by atoms with E-state index in [1.807, 2.05) is 12.1 Å². The molecule has 0 atom stereocenters. The predicted molar refractivity (Wildman–Crippen MR) is 137 cm³/mol. The highest BCUT2D eigenvalue weighted by Crippen LogP contribution is 2.45. The number of benzene rings is 2. The molecule has 178 valence electrons. The van der Waals surface area contributed by atoms with Crippen LogP contribution in [-0.2, 0) is 4.74 Å². The van der Waals surface area contributed by atoms with Crippen LogP contribution in [0, 0.1) is 0 Å². The summed E-state index contributed by atoms with van der Waals surface area (Å²) in [6, 6.07) is 15.5. The SMILES string of the molecule is Nc1c(-c2ccc(NC(=O)NC3CCC3)cc2)n(C2CCC2)c2ccc(N3CCOCC3)cc12. The molecule has 1 aromatic heterocycles. The smallest absolute Gasteiger partial charge is 0.319 e. The number of nitrogens with two attached hydrogens (primary N) is 1. The van der Waals surface area contributed by atoms with Gasteiger partial charge in [-0.2, -0.15) is 0 Å². The maximum absolute atomic E-state index is 12.2. The first-order chi connectivity index (χ1) is 16.7. The molecular weight excluding hydrogens is 426 g/mol. The molecule has 0 unspecified atom stereocenters. The summed E-state index contributed by atoms with van der Waals surface area (Å²) in [4.78, 5) is 14.6. The number of carbonyl (C=O) groups excluding carboxylic acids is 1. The lowest BCUT2D eigenvalue weighted by atomic mass is 9.92. The molecule has 2 heterocycles. The average molecular weight is 460 g/mol. The van der Waals surface area contributed by atoms with Gasteiger partial charge in [0.1, 0.15) is 0 Å². The molecule has 1 aliphatic heterocycles. The summed E-state index contributed by atoms with van der Waals surface area (Å²) in [5.41, 5.74) is 13.0. The summed E-state index contributed by atoms with van der Waals surface area (Å²) in [6.45, 7) is 3.34. The van der Waals surface area contributed by atoms with Crippen LogP contribution >= 0.6 is 0 Å². The molecule has 2 aliphatic carbocycles. The zero-order chi connectivity index (χ0) is 23.1. The van der Waals surface area contributed by atoms with E-state index in [-0.39, 0.29) is 6.03 Å². The summed E-state index contributed by atoms with van der Waals surface area (Å²) >= 11 is 0. The van der Waals surface area contributed by atoms with Crippen LogP contribution in [0.1, 0.15) is 44.6 Å². The minimum absolute atomic E-state index is 0.129. The highest BCUT2D eigenvalue weighted by Gasteiger charge is 2.27. The van der Waals surface area contributed by atoms with E-state index in [0.717, 1.165) is 67.2 Å². The number of anilines is 3. The van der Waals surface area contributed by atoms with Crippen LogP contribution in [0.2, 0.25) is 0 Å². The zero-order valence-corrected chi connectivity index (χ0v) is 19.6. The normalized spacial score (nSPS) is 19.0. The lowest BCUT2D eigenvalue weighted by Gasteiger charge is -2.31. The molecule has 34 heavy (non-hydrogen) atoms. The molecule has 0 spiro atoms. The molecule has 4 N–H and O–H groups in total. The second-order valence-electron chi connectivity index (χ2n) is 9.82. The number of rotatable bonds is 5. The number of hydrogen-bond acceptors (Lipinski definition) is 4. The summed E-state index contributed by atoms with van der Waals surface area (Å²) in [5, 5.41) is 7.10. The van der Waals surface area contributed by atoms with Gasteiger partial charge in [-0.05, 0) is 68.9 Å². The third kappa shape index (κ3) is 3.88. The number of carbonyl (C=O) groups is 1. The van der Waals surface area contributed by atoms with Crippen LogP contribution in [0.5, 0.6) is 0 Å². The maximum Gasteiger partial charge on any atom is 0.319 e. The standard InChI is InChI=1S/C27H33N5O2/c28-25-23-17-22(31-13-15-34-16-14-31)11-12-24(23)32(21-5-2-6-21)26(25)18-7-9-20(10-8-18)30-27(33)29-19-3-1-4-19/h7-12,17,19,21H,1-6,13-16,28H2,(H2,29,30,33). The van der Waals surface area contributed by atoms with Crippen molar-refractivity contribution in [3.63, 3.8) is 0 Å². The third-order valence-electron chi connectivity index (χ3n) is 7.70. The molecule has 3 aliphatic rings. The number of hydrogen-bond donors (Lipinski definition) is 3. The highest BCUT2D eigenvalue weighted by atomic mass is 16.5. The molecule has 3 fully saturated rings. The summed E-state index contributed by atoms with van der Waals surface area (Å²) < 4.78 is 7.97. The molecule has 2 aromatic carbocycles. The Labute approximate surface area is 200 Å². The molecule has 0 bridgehead atoms. The first kappa shape index (κ1) is 21.4. The van der Waals surface area contributed by atoms with Crippen molar-refractivity contribution in [2.24, 2.45) is 0 Å². The Morgan fingerprint density at radius 2 is 1.71 bits per heavy atom. The Kier molecular flexibility index (Phi) is 5.57. The first-order valence-electron chi connectivity index (χ1n) is 12.6. The van der Waals surface area contributed by atoms with E-state index in [1.165, 1.54) is 36.9 Å². The number of amides is 2. The Morgan fingerprint density at radius 1 is 0.971 bits per heavy atom. The largest absolute Gasteiger partial charge is 0.396 e. The van der Waals surface area contributed by atoms with Crippen LogP contribution in [-0.4, -0.2) is 42.9 Å². The van der Waals surface area contributed by atoms with E-state index >= 15 is 0 Å². The second kappa shape index (κ2) is 8.87. The molecule has 7 heteroatoms. The van der Waals surface area contributed by atoms with Crippen LogP contribution < -0.4 is 21.3 Å². The van der Waals surface area contributed by atoms with Gasteiger partial charge in [-0.15, -0.1) is 0 Å². The van der Waals surface area contributed by atoms with E-state index in [1.54, 1.807) is 0 Å². The Balaban J connectivity index is 1.32. The predicted octanol–water partition coefficient (Wildman–Crippen LogP) is 5.13. The topological polar surface area (TPSA) is 84.5 Å². The highest BCUT2D eigenvalue weighted by molar-refractivity contribution is 6.02. The summed E-state index contributed by atoms with van der Waals surface area (Å²) in [6.07, 6.45) is 6.97. The van der Waals surface area contributed by atoms with Crippen molar-refractivity contribution in [3.05, 3.63) is 42.5 Å². The molecule has 7 nitrogen and oxygen atoms in total. The minimum atomic E-state index is -0.129. The number of aromatic nitrogens is 1. The zero-order valence-electron chi connectivity index (χ0n) is 19.6. The molecule has 0 radical (unpaired) electrons. The van der Waals surface area contributed by atoms with Crippen molar-refractivity contribution < 1.29 is 9.53 Å². The fourth-order valence-corrected chi connectivity index (χ4v) is 5.28. The fourth-order valence-electron chi connectivity index (χ4n) is 5.28.